The van der Waals surface area contributed by atoms with Gasteiger partial charge in [-0.3, -0.25) is 4.79 Å². The Kier molecular flexibility index (Phi) is 3.31. The van der Waals surface area contributed by atoms with Crippen molar-refractivity contribution in [3.8, 4) is 0 Å². The second-order valence-corrected chi connectivity index (χ2v) is 5.37. The van der Waals surface area contributed by atoms with Crippen molar-refractivity contribution in [1.82, 2.24) is 0 Å². The molecule has 2 aromatic carbocycles. The summed E-state index contributed by atoms with van der Waals surface area (Å²) in [7, 11) is 0. The average Bonchev–Trinajstić information content (AvgIpc) is 2.76. The summed E-state index contributed by atoms with van der Waals surface area (Å²) in [5, 5.41) is 11.6. The van der Waals surface area contributed by atoms with Crippen LogP contribution < -0.4 is 5.32 Å². The fourth-order valence-corrected chi connectivity index (χ4v) is 2.40. The number of rotatable bonds is 2. The fourth-order valence-electron chi connectivity index (χ4n) is 2.04. The van der Waals surface area contributed by atoms with Gasteiger partial charge in [-0.15, -0.1) is 0 Å². The van der Waals surface area contributed by atoms with Crippen LogP contribution in [0.2, 0.25) is 0 Å². The highest BCUT2D eigenvalue weighted by atomic mass is 79.9. The largest absolute Gasteiger partial charge is 0.478 e. The molecule has 5 nitrogen and oxygen atoms in total. The van der Waals surface area contributed by atoms with Gasteiger partial charge < -0.3 is 10.4 Å². The molecule has 3 rings (SSSR count). The molecule has 21 heavy (non-hydrogen) atoms. The van der Waals surface area contributed by atoms with Crippen LogP contribution in [0.3, 0.4) is 0 Å². The molecular weight excluding hydrogens is 336 g/mol. The Labute approximate surface area is 128 Å². The van der Waals surface area contributed by atoms with Crippen molar-refractivity contribution in [2.45, 2.75) is 0 Å². The summed E-state index contributed by atoms with van der Waals surface area (Å²) >= 11 is 3.36. The Bertz CT molecular complexity index is 782. The van der Waals surface area contributed by atoms with E-state index in [1.165, 1.54) is 12.1 Å². The van der Waals surface area contributed by atoms with Gasteiger partial charge in [-0.05, 0) is 42.5 Å². The zero-order valence-corrected chi connectivity index (χ0v) is 12.2. The summed E-state index contributed by atoms with van der Waals surface area (Å²) in [6.45, 7) is 0. The highest BCUT2D eigenvalue weighted by Gasteiger charge is 2.25. The number of carbonyl (C=O) groups excluding carboxylic acids is 1. The van der Waals surface area contributed by atoms with Crippen LogP contribution in [-0.4, -0.2) is 22.7 Å². The summed E-state index contributed by atoms with van der Waals surface area (Å²) in [5.41, 5.74) is 2.45. The van der Waals surface area contributed by atoms with Crippen molar-refractivity contribution in [3.05, 3.63) is 58.1 Å². The lowest BCUT2D eigenvalue weighted by molar-refractivity contribution is -0.110. The number of nitrogens with zero attached hydrogens (tertiary/aromatic N) is 1. The standard InChI is InChI=1S/C15H9BrN2O3/c16-9-3-6-12-11(7-9)13(14(19)18-12)17-10-4-1-8(2-5-10)15(20)21/h1-7H,(H,20,21)(H,17,18,19). The molecule has 6 heteroatoms. The Morgan fingerprint density at radius 2 is 1.86 bits per heavy atom. The molecule has 1 heterocycles. The van der Waals surface area contributed by atoms with Gasteiger partial charge in [0, 0.05) is 10.0 Å². The molecule has 0 spiro atoms. The van der Waals surface area contributed by atoms with E-state index in [1.807, 2.05) is 12.1 Å². The normalized spacial score (nSPS) is 14.9. The van der Waals surface area contributed by atoms with E-state index in [1.54, 1.807) is 18.2 Å². The fraction of sp³-hybridized carbons (Fsp3) is 0. The topological polar surface area (TPSA) is 78.8 Å². The van der Waals surface area contributed by atoms with Crippen LogP contribution in [0.4, 0.5) is 11.4 Å². The van der Waals surface area contributed by atoms with Gasteiger partial charge in [0.25, 0.3) is 5.91 Å². The number of nitrogens with one attached hydrogen (secondary N) is 1. The number of amides is 1. The van der Waals surface area contributed by atoms with Crippen LogP contribution >= 0.6 is 15.9 Å². The minimum atomic E-state index is -0.998. The number of carbonyl (C=O) groups is 2. The number of halogens is 1. The number of aliphatic imine (C=N–C) groups is 1. The van der Waals surface area contributed by atoms with E-state index in [9.17, 15) is 9.59 Å². The molecule has 0 unspecified atom stereocenters. The van der Waals surface area contributed by atoms with Crippen LogP contribution in [0.5, 0.6) is 0 Å². The van der Waals surface area contributed by atoms with Gasteiger partial charge in [-0.2, -0.15) is 0 Å². The highest BCUT2D eigenvalue weighted by molar-refractivity contribution is 9.10. The number of anilines is 1. The van der Waals surface area contributed by atoms with E-state index in [0.29, 0.717) is 17.1 Å². The van der Waals surface area contributed by atoms with Gasteiger partial charge in [0.1, 0.15) is 5.71 Å². The molecule has 0 saturated carbocycles. The van der Waals surface area contributed by atoms with Gasteiger partial charge in [-0.25, -0.2) is 9.79 Å². The minimum absolute atomic E-state index is 0.179. The van der Waals surface area contributed by atoms with Gasteiger partial charge in [0.2, 0.25) is 0 Å². The van der Waals surface area contributed by atoms with Gasteiger partial charge in [0.15, 0.2) is 0 Å². The van der Waals surface area contributed by atoms with E-state index >= 15 is 0 Å². The molecule has 2 N–H and O–H groups in total. The smallest absolute Gasteiger partial charge is 0.335 e. The maximum atomic E-state index is 12.0. The maximum absolute atomic E-state index is 12.0. The molecule has 104 valence electrons. The summed E-state index contributed by atoms with van der Waals surface area (Å²) in [5.74, 6) is -1.27. The summed E-state index contributed by atoms with van der Waals surface area (Å²) in [4.78, 5) is 27.1. The van der Waals surface area contributed by atoms with E-state index in [-0.39, 0.29) is 11.5 Å². The molecule has 2 aromatic rings. The van der Waals surface area contributed by atoms with Crippen molar-refractivity contribution >= 4 is 44.9 Å². The first kappa shape index (κ1) is 13.5. The molecule has 1 amide bonds. The zero-order chi connectivity index (χ0) is 15.0. The van der Waals surface area contributed by atoms with Crippen molar-refractivity contribution in [2.75, 3.05) is 5.32 Å². The lowest BCUT2D eigenvalue weighted by atomic mass is 10.1. The number of aromatic carboxylic acids is 1. The number of carboxylic acids is 1. The molecule has 0 atom stereocenters. The zero-order valence-electron chi connectivity index (χ0n) is 10.6. The summed E-state index contributed by atoms with van der Waals surface area (Å²) < 4.78 is 0.853. The predicted molar refractivity (Wildman–Crippen MR) is 82.4 cm³/mol. The molecule has 0 radical (unpaired) electrons. The Morgan fingerprint density at radius 3 is 2.52 bits per heavy atom. The SMILES string of the molecule is O=C1Nc2ccc(Br)cc2C1=Nc1ccc(C(=O)O)cc1. The molecule has 0 aromatic heterocycles. The lowest BCUT2D eigenvalue weighted by Gasteiger charge is -2.00. The maximum Gasteiger partial charge on any atom is 0.335 e. The van der Waals surface area contributed by atoms with E-state index in [2.05, 4.69) is 26.2 Å². The second-order valence-electron chi connectivity index (χ2n) is 4.46. The van der Waals surface area contributed by atoms with Crippen molar-refractivity contribution in [3.63, 3.8) is 0 Å². The lowest BCUT2D eigenvalue weighted by Crippen LogP contribution is -2.13. The molecule has 0 saturated heterocycles. The first-order valence-electron chi connectivity index (χ1n) is 6.08. The molecule has 1 aliphatic rings. The number of hydrogen-bond acceptors (Lipinski definition) is 3. The number of benzene rings is 2. The van der Waals surface area contributed by atoms with Crippen LogP contribution in [0, 0.1) is 0 Å². The number of carboxylic acid groups (broad SMARTS) is 1. The number of fused-ring (bicyclic) bond motifs is 1. The van der Waals surface area contributed by atoms with Crippen molar-refractivity contribution in [1.29, 1.82) is 0 Å². The second kappa shape index (κ2) is 5.14. The third-order valence-electron chi connectivity index (χ3n) is 3.06. The first-order chi connectivity index (χ1) is 10.0. The van der Waals surface area contributed by atoms with E-state index in [4.69, 9.17) is 5.11 Å². The monoisotopic (exact) mass is 344 g/mol. The molecular formula is C15H9BrN2O3. The van der Waals surface area contributed by atoms with Gasteiger partial charge in [0.05, 0.1) is 16.9 Å². The third kappa shape index (κ3) is 2.57. The van der Waals surface area contributed by atoms with E-state index in [0.717, 1.165) is 10.0 Å². The Balaban J connectivity index is 2.02. The third-order valence-corrected chi connectivity index (χ3v) is 3.55. The Hall–Kier alpha value is -2.47. The van der Waals surface area contributed by atoms with Crippen LogP contribution in [-0.2, 0) is 4.79 Å². The molecule has 0 fully saturated rings. The summed E-state index contributed by atoms with van der Waals surface area (Å²) in [6, 6.07) is 11.5. The first-order valence-corrected chi connectivity index (χ1v) is 6.87. The van der Waals surface area contributed by atoms with Gasteiger partial charge >= 0.3 is 5.97 Å². The Morgan fingerprint density at radius 1 is 1.14 bits per heavy atom. The average molecular weight is 345 g/mol. The minimum Gasteiger partial charge on any atom is -0.478 e. The van der Waals surface area contributed by atoms with E-state index < -0.39 is 5.97 Å². The molecule has 0 aliphatic carbocycles. The molecule has 1 aliphatic heterocycles. The van der Waals surface area contributed by atoms with Crippen LogP contribution in [0.15, 0.2) is 51.9 Å². The predicted octanol–water partition coefficient (Wildman–Crippen LogP) is 3.22. The molecule has 0 bridgehead atoms. The van der Waals surface area contributed by atoms with Gasteiger partial charge in [-0.1, -0.05) is 15.9 Å². The summed E-state index contributed by atoms with van der Waals surface area (Å²) in [6.07, 6.45) is 0. The van der Waals surface area contributed by atoms with Crippen molar-refractivity contribution in [2.24, 2.45) is 4.99 Å². The number of hydrogen-bond donors (Lipinski definition) is 2. The van der Waals surface area contributed by atoms with Crippen LogP contribution in [0.1, 0.15) is 15.9 Å². The van der Waals surface area contributed by atoms with Crippen molar-refractivity contribution < 1.29 is 14.7 Å². The van der Waals surface area contributed by atoms with Crippen LogP contribution in [0.25, 0.3) is 0 Å². The quantitative estimate of drug-likeness (QED) is 0.877. The highest BCUT2D eigenvalue weighted by Crippen LogP contribution is 2.28.